The number of ether oxygens (including phenoxy) is 1. The van der Waals surface area contributed by atoms with E-state index in [-0.39, 0.29) is 18.4 Å². The Morgan fingerprint density at radius 2 is 1.80 bits per heavy atom. The molecule has 230 valence electrons. The van der Waals surface area contributed by atoms with Gasteiger partial charge < -0.3 is 25.4 Å². The number of nitrogens with zero attached hydrogens (tertiary/aromatic N) is 3. The Morgan fingerprint density at radius 1 is 1.05 bits per heavy atom. The molecule has 0 saturated heterocycles. The van der Waals surface area contributed by atoms with Crippen molar-refractivity contribution in [2.75, 3.05) is 20.7 Å². The maximum Gasteiger partial charge on any atom is 0.253 e. The number of hydrogen-bond donors (Lipinski definition) is 3. The van der Waals surface area contributed by atoms with Crippen molar-refractivity contribution < 1.29 is 19.4 Å². The number of methoxy groups -OCH3 is 1. The van der Waals surface area contributed by atoms with E-state index in [1.165, 1.54) is 11.3 Å². The van der Waals surface area contributed by atoms with Crippen LogP contribution in [-0.4, -0.2) is 64.6 Å². The van der Waals surface area contributed by atoms with Crippen LogP contribution in [0.4, 0.5) is 0 Å². The SMILES string of the molecule is C=C(OC)c1ccc(CNC[C@@H](O)[C@H](Cc2ccccc2)NC(=O)c2cccc(C(=O)N(C)Cc3nc(C)cs3)c2)nc1C. The fraction of sp³-hybridized carbons (Fsp3) is 0.294. The molecule has 0 radical (unpaired) electrons. The second-order valence-electron chi connectivity index (χ2n) is 10.7. The van der Waals surface area contributed by atoms with E-state index in [1.54, 1.807) is 43.3 Å². The highest BCUT2D eigenvalue weighted by atomic mass is 32.1. The van der Waals surface area contributed by atoms with E-state index in [0.717, 1.165) is 33.2 Å². The zero-order chi connectivity index (χ0) is 31.6. The van der Waals surface area contributed by atoms with Gasteiger partial charge in [-0.25, -0.2) is 4.98 Å². The van der Waals surface area contributed by atoms with Crippen LogP contribution in [0.2, 0.25) is 0 Å². The van der Waals surface area contributed by atoms with E-state index >= 15 is 0 Å². The molecule has 2 atom stereocenters. The smallest absolute Gasteiger partial charge is 0.253 e. The van der Waals surface area contributed by atoms with Crippen LogP contribution in [0, 0.1) is 13.8 Å². The summed E-state index contributed by atoms with van der Waals surface area (Å²) in [7, 11) is 3.29. The van der Waals surface area contributed by atoms with Gasteiger partial charge in [-0.2, -0.15) is 0 Å². The highest BCUT2D eigenvalue weighted by molar-refractivity contribution is 7.09. The minimum Gasteiger partial charge on any atom is -0.497 e. The number of aryl methyl sites for hydroxylation is 2. The first-order valence-electron chi connectivity index (χ1n) is 14.3. The van der Waals surface area contributed by atoms with Crippen LogP contribution >= 0.6 is 11.3 Å². The summed E-state index contributed by atoms with van der Waals surface area (Å²) in [6.07, 6.45) is -0.472. The van der Waals surface area contributed by atoms with E-state index < -0.39 is 12.1 Å². The van der Waals surface area contributed by atoms with Gasteiger partial charge in [-0.05, 0) is 56.2 Å². The lowest BCUT2D eigenvalue weighted by Crippen LogP contribution is -2.48. The molecule has 2 amide bonds. The molecule has 2 heterocycles. The van der Waals surface area contributed by atoms with Gasteiger partial charge in [0.2, 0.25) is 0 Å². The number of aliphatic hydroxyl groups excluding tert-OH is 1. The van der Waals surface area contributed by atoms with Gasteiger partial charge in [-0.1, -0.05) is 43.0 Å². The maximum atomic E-state index is 13.4. The van der Waals surface area contributed by atoms with Gasteiger partial charge in [0.05, 0.1) is 31.5 Å². The van der Waals surface area contributed by atoms with Crippen molar-refractivity contribution in [2.45, 2.75) is 45.5 Å². The fourth-order valence-corrected chi connectivity index (χ4v) is 5.60. The molecule has 0 spiro atoms. The van der Waals surface area contributed by atoms with Gasteiger partial charge in [0.25, 0.3) is 11.8 Å². The quantitative estimate of drug-likeness (QED) is 0.179. The highest BCUT2D eigenvalue weighted by Gasteiger charge is 2.23. The molecule has 0 unspecified atom stereocenters. The first kappa shape index (κ1) is 32.5. The van der Waals surface area contributed by atoms with Crippen LogP contribution in [0.15, 0.2) is 78.7 Å². The van der Waals surface area contributed by atoms with Crippen LogP contribution in [0.3, 0.4) is 0 Å². The van der Waals surface area contributed by atoms with Crippen molar-refractivity contribution in [1.82, 2.24) is 25.5 Å². The normalized spacial score (nSPS) is 12.3. The molecule has 0 aliphatic rings. The van der Waals surface area contributed by atoms with E-state index in [4.69, 9.17) is 4.74 Å². The standard InChI is InChI=1S/C34H39N5O4S/c1-22-21-44-32(36-22)20-39(4)34(42)27-13-9-12-26(17-27)33(41)38-30(16-25-10-7-6-8-11-25)31(40)19-35-18-28-14-15-29(23(2)37-28)24(3)43-5/h6-15,17,21,30-31,35,40H,3,16,18-20H2,1-2,4-5H3,(H,38,41)/t30-,31+/m0/s1. The zero-order valence-corrected chi connectivity index (χ0v) is 26.4. The number of carbonyl (C=O) groups excluding carboxylic acids is 2. The predicted molar refractivity (Wildman–Crippen MR) is 173 cm³/mol. The third-order valence-corrected chi connectivity index (χ3v) is 8.14. The third-order valence-electron chi connectivity index (χ3n) is 7.19. The van der Waals surface area contributed by atoms with Gasteiger partial charge in [0, 0.05) is 53.6 Å². The Hall–Kier alpha value is -4.38. The minimum absolute atomic E-state index is 0.207. The summed E-state index contributed by atoms with van der Waals surface area (Å²) in [6.45, 7) is 8.74. The molecular formula is C34H39N5O4S. The topological polar surface area (TPSA) is 117 Å². The predicted octanol–water partition coefficient (Wildman–Crippen LogP) is 4.54. The maximum absolute atomic E-state index is 13.4. The Morgan fingerprint density at radius 3 is 2.48 bits per heavy atom. The Balaban J connectivity index is 1.42. The largest absolute Gasteiger partial charge is 0.497 e. The lowest BCUT2D eigenvalue weighted by molar-refractivity contribution is 0.0784. The lowest BCUT2D eigenvalue weighted by atomic mass is 10.00. The molecule has 4 rings (SSSR count). The van der Waals surface area contributed by atoms with Gasteiger partial charge >= 0.3 is 0 Å². The zero-order valence-electron chi connectivity index (χ0n) is 25.5. The number of hydrogen-bond acceptors (Lipinski definition) is 8. The van der Waals surface area contributed by atoms with Crippen molar-refractivity contribution >= 4 is 28.9 Å². The van der Waals surface area contributed by atoms with Crippen molar-refractivity contribution in [1.29, 1.82) is 0 Å². The molecule has 0 aliphatic carbocycles. The molecule has 4 aromatic rings. The number of pyridine rings is 1. The number of nitrogens with one attached hydrogen (secondary N) is 2. The van der Waals surface area contributed by atoms with E-state index in [9.17, 15) is 14.7 Å². The van der Waals surface area contributed by atoms with Crippen LogP contribution in [-0.2, 0) is 24.2 Å². The highest BCUT2D eigenvalue weighted by Crippen LogP contribution is 2.17. The van der Waals surface area contributed by atoms with E-state index in [2.05, 4.69) is 27.2 Å². The Kier molecular flexibility index (Phi) is 11.4. The van der Waals surface area contributed by atoms with E-state index in [1.807, 2.05) is 61.7 Å². The van der Waals surface area contributed by atoms with Crippen LogP contribution in [0.1, 0.15) is 53.9 Å². The summed E-state index contributed by atoms with van der Waals surface area (Å²) in [5.74, 6) is -0.0258. The summed E-state index contributed by atoms with van der Waals surface area (Å²) in [6, 6.07) is 19.5. The molecule has 2 aromatic heterocycles. The molecule has 0 saturated carbocycles. The summed E-state index contributed by atoms with van der Waals surface area (Å²) in [5, 5.41) is 20.3. The second kappa shape index (κ2) is 15.4. The number of rotatable bonds is 14. The summed E-state index contributed by atoms with van der Waals surface area (Å²) in [4.78, 5) is 37.2. The van der Waals surface area contributed by atoms with Crippen molar-refractivity contribution in [3.63, 3.8) is 0 Å². The van der Waals surface area contributed by atoms with Crippen LogP contribution in [0.5, 0.6) is 0 Å². The van der Waals surface area contributed by atoms with Crippen molar-refractivity contribution in [3.05, 3.63) is 123 Å². The molecule has 0 aliphatic heterocycles. The molecule has 0 fully saturated rings. The van der Waals surface area contributed by atoms with Crippen molar-refractivity contribution in [2.24, 2.45) is 0 Å². The number of aliphatic hydroxyl groups is 1. The average molecular weight is 614 g/mol. The molecule has 2 aromatic carbocycles. The number of amides is 2. The molecule has 0 bridgehead atoms. The monoisotopic (exact) mass is 613 g/mol. The first-order chi connectivity index (χ1) is 21.1. The summed E-state index contributed by atoms with van der Waals surface area (Å²) in [5.41, 5.74) is 5.09. The van der Waals surface area contributed by atoms with Gasteiger partial charge in [-0.3, -0.25) is 14.6 Å². The first-order valence-corrected chi connectivity index (χ1v) is 15.2. The summed E-state index contributed by atoms with van der Waals surface area (Å²) < 4.78 is 5.22. The molecule has 9 nitrogen and oxygen atoms in total. The van der Waals surface area contributed by atoms with Gasteiger partial charge in [0.15, 0.2) is 0 Å². The average Bonchev–Trinajstić information content (AvgIpc) is 3.44. The summed E-state index contributed by atoms with van der Waals surface area (Å²) >= 11 is 1.51. The third kappa shape index (κ3) is 8.82. The van der Waals surface area contributed by atoms with E-state index in [0.29, 0.717) is 36.4 Å². The van der Waals surface area contributed by atoms with Gasteiger partial charge in [0.1, 0.15) is 10.8 Å². The Bertz CT molecular complexity index is 1590. The van der Waals surface area contributed by atoms with Crippen LogP contribution in [0.25, 0.3) is 5.76 Å². The second-order valence-corrected chi connectivity index (χ2v) is 11.6. The molecule has 3 N–H and O–H groups in total. The number of benzene rings is 2. The Labute approximate surface area is 262 Å². The lowest BCUT2D eigenvalue weighted by Gasteiger charge is -2.25. The molecule has 44 heavy (non-hydrogen) atoms. The number of aromatic nitrogens is 2. The molecule has 10 heteroatoms. The van der Waals surface area contributed by atoms with Crippen LogP contribution < -0.4 is 10.6 Å². The number of thiazole rings is 1. The van der Waals surface area contributed by atoms with Crippen molar-refractivity contribution in [3.8, 4) is 0 Å². The fourth-order valence-electron chi connectivity index (χ4n) is 4.77. The minimum atomic E-state index is -0.898. The van der Waals surface area contributed by atoms with Gasteiger partial charge in [-0.15, -0.1) is 11.3 Å². The molecular weight excluding hydrogens is 574 g/mol. The number of carbonyl (C=O) groups is 2.